The molecule has 1 aliphatic rings. The first kappa shape index (κ1) is 23.0. The van der Waals surface area contributed by atoms with E-state index in [4.69, 9.17) is 19.9 Å². The van der Waals surface area contributed by atoms with E-state index in [9.17, 15) is 15.0 Å². The Morgan fingerprint density at radius 1 is 1.15 bits per heavy atom. The summed E-state index contributed by atoms with van der Waals surface area (Å²) in [5.41, 5.74) is 5.58. The van der Waals surface area contributed by atoms with E-state index in [0.717, 1.165) is 6.42 Å². The molecular formula is C18H34N2O6. The standard InChI is InChI=1S/C18H34N2O6/c1-2-24-9-10-26-12-11-25-8-7-17(22)20-16(18(19)23)13-14-3-5-15(21)6-4-14/h3,5,14-16,18,21,23H,2,4,6-13,19H2,1H3,(H,20,22). The molecule has 0 aromatic carbocycles. The van der Waals surface area contributed by atoms with Gasteiger partial charge in [0.2, 0.25) is 5.91 Å². The summed E-state index contributed by atoms with van der Waals surface area (Å²) in [7, 11) is 0. The van der Waals surface area contributed by atoms with Crippen LogP contribution in [0.1, 0.15) is 32.6 Å². The number of nitrogens with two attached hydrogens (primary N) is 1. The van der Waals surface area contributed by atoms with E-state index < -0.39 is 18.4 Å². The van der Waals surface area contributed by atoms with Crippen LogP contribution in [-0.4, -0.2) is 74.1 Å². The topological polar surface area (TPSA) is 123 Å². The molecule has 1 rings (SSSR count). The predicted molar refractivity (Wildman–Crippen MR) is 97.4 cm³/mol. The fourth-order valence-electron chi connectivity index (χ4n) is 2.70. The Morgan fingerprint density at radius 2 is 1.81 bits per heavy atom. The van der Waals surface area contributed by atoms with Crippen molar-refractivity contribution < 1.29 is 29.2 Å². The second-order valence-electron chi connectivity index (χ2n) is 6.36. The number of allylic oxidation sites excluding steroid dienone is 1. The van der Waals surface area contributed by atoms with E-state index >= 15 is 0 Å². The van der Waals surface area contributed by atoms with Gasteiger partial charge in [-0.15, -0.1) is 0 Å². The van der Waals surface area contributed by atoms with E-state index in [-0.39, 0.29) is 24.9 Å². The lowest BCUT2D eigenvalue weighted by molar-refractivity contribution is -0.124. The maximum atomic E-state index is 12.0. The second-order valence-corrected chi connectivity index (χ2v) is 6.36. The smallest absolute Gasteiger partial charge is 0.222 e. The molecule has 0 fully saturated rings. The summed E-state index contributed by atoms with van der Waals surface area (Å²) in [6, 6.07) is -0.519. The van der Waals surface area contributed by atoms with Crippen molar-refractivity contribution in [3.8, 4) is 0 Å². The Labute approximate surface area is 155 Å². The molecule has 0 heterocycles. The van der Waals surface area contributed by atoms with Crippen LogP contribution in [0.15, 0.2) is 12.2 Å². The molecule has 26 heavy (non-hydrogen) atoms. The molecule has 0 saturated carbocycles. The normalized spacial score (nSPS) is 22.2. The summed E-state index contributed by atoms with van der Waals surface area (Å²) >= 11 is 0. The molecule has 1 amide bonds. The minimum absolute atomic E-state index is 0.187. The third-order valence-corrected chi connectivity index (χ3v) is 4.18. The number of rotatable bonds is 14. The fraction of sp³-hybridized carbons (Fsp3) is 0.833. The lowest BCUT2D eigenvalue weighted by Gasteiger charge is -2.27. The van der Waals surface area contributed by atoms with Crippen LogP contribution in [0, 0.1) is 5.92 Å². The molecule has 0 aromatic rings. The Balaban J connectivity index is 2.13. The molecule has 1 aliphatic carbocycles. The highest BCUT2D eigenvalue weighted by Crippen LogP contribution is 2.22. The van der Waals surface area contributed by atoms with Gasteiger partial charge in [-0.25, -0.2) is 0 Å². The van der Waals surface area contributed by atoms with Crippen LogP contribution in [0.4, 0.5) is 0 Å². The van der Waals surface area contributed by atoms with Crippen LogP contribution in [0.3, 0.4) is 0 Å². The van der Waals surface area contributed by atoms with Crippen molar-refractivity contribution in [1.82, 2.24) is 5.32 Å². The molecule has 0 radical (unpaired) electrons. The third kappa shape index (κ3) is 10.8. The van der Waals surface area contributed by atoms with Crippen molar-refractivity contribution in [1.29, 1.82) is 0 Å². The highest BCUT2D eigenvalue weighted by Gasteiger charge is 2.23. The van der Waals surface area contributed by atoms with Crippen LogP contribution in [0.25, 0.3) is 0 Å². The van der Waals surface area contributed by atoms with Gasteiger partial charge >= 0.3 is 0 Å². The summed E-state index contributed by atoms with van der Waals surface area (Å²) in [5.74, 6) is -0.0245. The van der Waals surface area contributed by atoms with Crippen molar-refractivity contribution in [3.63, 3.8) is 0 Å². The molecule has 0 saturated heterocycles. The van der Waals surface area contributed by atoms with Crippen LogP contribution < -0.4 is 11.1 Å². The summed E-state index contributed by atoms with van der Waals surface area (Å²) in [6.07, 6.45) is 4.38. The molecule has 0 aliphatic heterocycles. The van der Waals surface area contributed by atoms with Gasteiger partial charge in [-0.3, -0.25) is 4.79 Å². The van der Waals surface area contributed by atoms with Gasteiger partial charge in [0, 0.05) is 13.0 Å². The van der Waals surface area contributed by atoms with Crippen molar-refractivity contribution >= 4 is 5.91 Å². The summed E-state index contributed by atoms with van der Waals surface area (Å²) in [4.78, 5) is 12.0. The Bertz CT molecular complexity index is 405. The van der Waals surface area contributed by atoms with Gasteiger partial charge in [-0.1, -0.05) is 12.2 Å². The number of carbonyl (C=O) groups is 1. The highest BCUT2D eigenvalue weighted by molar-refractivity contribution is 5.76. The molecule has 0 spiro atoms. The minimum Gasteiger partial charge on any atom is -0.389 e. The highest BCUT2D eigenvalue weighted by atomic mass is 16.5. The molecular weight excluding hydrogens is 340 g/mol. The number of nitrogens with one attached hydrogen (secondary N) is 1. The number of ether oxygens (including phenoxy) is 3. The SMILES string of the molecule is CCOCCOCCOCCC(=O)NC(CC1C=CC(O)CC1)C(N)O. The number of amides is 1. The van der Waals surface area contributed by atoms with E-state index in [0.29, 0.717) is 45.9 Å². The zero-order valence-electron chi connectivity index (χ0n) is 15.6. The van der Waals surface area contributed by atoms with Gasteiger partial charge in [0.05, 0.1) is 45.2 Å². The van der Waals surface area contributed by atoms with Gasteiger partial charge in [0.15, 0.2) is 0 Å². The minimum atomic E-state index is -1.13. The molecule has 8 heteroatoms. The van der Waals surface area contributed by atoms with Crippen molar-refractivity contribution in [2.24, 2.45) is 11.7 Å². The molecule has 0 aromatic heterocycles. The van der Waals surface area contributed by atoms with Crippen LogP contribution in [0.2, 0.25) is 0 Å². The van der Waals surface area contributed by atoms with E-state index in [1.807, 2.05) is 13.0 Å². The van der Waals surface area contributed by atoms with E-state index in [1.54, 1.807) is 6.08 Å². The van der Waals surface area contributed by atoms with Gasteiger partial charge in [-0.2, -0.15) is 0 Å². The second kappa shape index (κ2) is 14.1. The maximum Gasteiger partial charge on any atom is 0.222 e. The Kier molecular flexibility index (Phi) is 12.5. The molecule has 5 N–H and O–H groups in total. The Hall–Kier alpha value is -1.03. The summed E-state index contributed by atoms with van der Waals surface area (Å²) < 4.78 is 15.8. The number of aliphatic hydroxyl groups is 2. The molecule has 4 unspecified atom stereocenters. The predicted octanol–water partition coefficient (Wildman–Crippen LogP) is -0.0747. The number of carbonyl (C=O) groups excluding carboxylic acids is 1. The number of aliphatic hydroxyl groups excluding tert-OH is 2. The first-order valence-corrected chi connectivity index (χ1v) is 9.35. The van der Waals surface area contributed by atoms with Gasteiger partial charge in [0.25, 0.3) is 0 Å². The zero-order valence-corrected chi connectivity index (χ0v) is 15.6. The average molecular weight is 374 g/mol. The number of hydrogen-bond acceptors (Lipinski definition) is 7. The molecule has 4 atom stereocenters. The largest absolute Gasteiger partial charge is 0.389 e. The lowest BCUT2D eigenvalue weighted by atomic mass is 9.88. The van der Waals surface area contributed by atoms with Crippen molar-refractivity contribution in [3.05, 3.63) is 12.2 Å². The van der Waals surface area contributed by atoms with Crippen molar-refractivity contribution in [2.45, 2.75) is 51.0 Å². The summed E-state index contributed by atoms with van der Waals surface area (Å²) in [6.45, 7) is 4.85. The number of hydrogen-bond donors (Lipinski definition) is 4. The van der Waals surface area contributed by atoms with Crippen LogP contribution in [0.5, 0.6) is 0 Å². The van der Waals surface area contributed by atoms with Crippen LogP contribution >= 0.6 is 0 Å². The van der Waals surface area contributed by atoms with Crippen LogP contribution in [-0.2, 0) is 19.0 Å². The Morgan fingerprint density at radius 3 is 2.38 bits per heavy atom. The quantitative estimate of drug-likeness (QED) is 0.191. The van der Waals surface area contributed by atoms with E-state index in [1.165, 1.54) is 0 Å². The monoisotopic (exact) mass is 374 g/mol. The van der Waals surface area contributed by atoms with Gasteiger partial charge in [0.1, 0.15) is 6.23 Å². The third-order valence-electron chi connectivity index (χ3n) is 4.18. The van der Waals surface area contributed by atoms with E-state index in [2.05, 4.69) is 5.32 Å². The lowest BCUT2D eigenvalue weighted by Crippen LogP contribution is -2.48. The maximum absolute atomic E-state index is 12.0. The molecule has 8 nitrogen and oxygen atoms in total. The first-order valence-electron chi connectivity index (χ1n) is 9.35. The molecule has 152 valence electrons. The first-order chi connectivity index (χ1) is 12.5. The molecule has 0 bridgehead atoms. The average Bonchev–Trinajstić information content (AvgIpc) is 2.61. The summed E-state index contributed by atoms with van der Waals surface area (Å²) in [5, 5.41) is 21.9. The van der Waals surface area contributed by atoms with Gasteiger partial charge in [-0.05, 0) is 32.1 Å². The van der Waals surface area contributed by atoms with Gasteiger partial charge < -0.3 is 35.5 Å². The van der Waals surface area contributed by atoms with Crippen molar-refractivity contribution in [2.75, 3.05) is 39.6 Å². The zero-order chi connectivity index (χ0) is 19.2. The fourth-order valence-corrected chi connectivity index (χ4v) is 2.70.